The van der Waals surface area contributed by atoms with E-state index < -0.39 is 32.7 Å². The van der Waals surface area contributed by atoms with Crippen LogP contribution in [0.3, 0.4) is 0 Å². The summed E-state index contributed by atoms with van der Waals surface area (Å²) in [5.41, 5.74) is -1.77. The zero-order valence-electron chi connectivity index (χ0n) is 11.0. The fourth-order valence-electron chi connectivity index (χ4n) is 1.99. The molecular formula is C7H18NNaO7P2. The van der Waals surface area contributed by atoms with E-state index in [4.69, 9.17) is 19.6 Å². The second-order valence-corrected chi connectivity index (χ2v) is 7.62. The third-order valence-electron chi connectivity index (χ3n) is 2.80. The van der Waals surface area contributed by atoms with Crippen molar-refractivity contribution in [3.05, 3.63) is 0 Å². The molecule has 0 spiro atoms. The largest absolute Gasteiger partial charge is 1.00 e. The molecule has 1 fully saturated rings. The van der Waals surface area contributed by atoms with E-state index in [0.29, 0.717) is 19.4 Å². The summed E-state index contributed by atoms with van der Waals surface area (Å²) in [6.45, 7) is 0.509. The molecule has 8 nitrogen and oxygen atoms in total. The first-order valence-corrected chi connectivity index (χ1v) is 8.52. The van der Waals surface area contributed by atoms with Gasteiger partial charge in [0.15, 0.2) is 5.85 Å². The van der Waals surface area contributed by atoms with Crippen LogP contribution in [0.2, 0.25) is 0 Å². The molecule has 3 atom stereocenters. The van der Waals surface area contributed by atoms with Crippen LogP contribution in [0.5, 0.6) is 0 Å². The summed E-state index contributed by atoms with van der Waals surface area (Å²) in [6, 6.07) is -0.785. The number of hydrogen-bond donors (Lipinski definition) is 6. The second-order valence-electron chi connectivity index (χ2n) is 4.14. The monoisotopic (exact) mass is 313 g/mol. The van der Waals surface area contributed by atoms with Gasteiger partial charge in [0.1, 0.15) is 5.66 Å². The van der Waals surface area contributed by atoms with Crippen LogP contribution in [-0.4, -0.2) is 48.8 Å². The van der Waals surface area contributed by atoms with E-state index >= 15 is 0 Å². The molecule has 0 radical (unpaired) electrons. The molecule has 0 aromatic heterocycles. The molecule has 0 aliphatic carbocycles. The molecule has 1 heterocycles. The van der Waals surface area contributed by atoms with Crippen molar-refractivity contribution >= 4 is 15.2 Å². The van der Waals surface area contributed by atoms with Crippen molar-refractivity contribution in [2.75, 3.05) is 6.54 Å². The van der Waals surface area contributed by atoms with Gasteiger partial charge in [0.05, 0.1) is 0 Å². The molecule has 3 unspecified atom stereocenters. The van der Waals surface area contributed by atoms with Crippen molar-refractivity contribution in [2.24, 2.45) is 0 Å². The molecule has 1 rings (SSSR count). The molecule has 1 aliphatic heterocycles. The molecule has 104 valence electrons. The Labute approximate surface area is 128 Å². The summed E-state index contributed by atoms with van der Waals surface area (Å²) < 4.78 is 22.2. The molecule has 0 saturated carbocycles. The molecule has 0 aromatic carbocycles. The average Bonchev–Trinajstić information content (AvgIpc) is 2.15. The smallest absolute Gasteiger partial charge is 1.00 e. The predicted molar refractivity (Wildman–Crippen MR) is 60.6 cm³/mol. The molecule has 6 N–H and O–H groups in total. The Morgan fingerprint density at radius 2 is 1.67 bits per heavy atom. The Bertz CT molecular complexity index is 355. The quantitative estimate of drug-likeness (QED) is 0.229. The Morgan fingerprint density at radius 1 is 1.11 bits per heavy atom. The van der Waals surface area contributed by atoms with Gasteiger partial charge in [-0.2, -0.15) is 0 Å². The fraction of sp³-hybridized carbons (Fsp3) is 1.00. The van der Waals surface area contributed by atoms with Gasteiger partial charge in [0.25, 0.3) is 0 Å². The summed E-state index contributed by atoms with van der Waals surface area (Å²) in [5, 5.41) is 12.2. The summed E-state index contributed by atoms with van der Waals surface area (Å²) in [5.74, 6) is -2.35. The van der Waals surface area contributed by atoms with E-state index in [0.717, 1.165) is 6.42 Å². The van der Waals surface area contributed by atoms with Gasteiger partial charge in [0.2, 0.25) is 0 Å². The van der Waals surface area contributed by atoms with E-state index in [1.54, 1.807) is 0 Å². The van der Waals surface area contributed by atoms with Crippen LogP contribution >= 0.6 is 15.2 Å². The second kappa shape index (κ2) is 7.29. The van der Waals surface area contributed by atoms with Crippen molar-refractivity contribution in [2.45, 2.75) is 36.8 Å². The average molecular weight is 313 g/mol. The zero-order chi connectivity index (χ0) is 13.3. The maximum atomic E-state index is 11.3. The predicted octanol–water partition coefficient (Wildman–Crippen LogP) is -3.71. The molecular weight excluding hydrogens is 295 g/mol. The Morgan fingerprint density at radius 3 is 2.00 bits per heavy atom. The van der Waals surface area contributed by atoms with Crippen LogP contribution in [0, 0.1) is 0 Å². The van der Waals surface area contributed by atoms with E-state index in [9.17, 15) is 14.2 Å². The first-order valence-electron chi connectivity index (χ1n) is 5.16. The molecule has 0 bridgehead atoms. The number of rotatable bonds is 4. The first kappa shape index (κ1) is 19.2. The summed E-state index contributed by atoms with van der Waals surface area (Å²) in [4.78, 5) is 35.9. The van der Waals surface area contributed by atoms with E-state index in [-0.39, 0.29) is 31.0 Å². The van der Waals surface area contributed by atoms with Crippen LogP contribution in [0.15, 0.2) is 0 Å². The van der Waals surface area contributed by atoms with Gasteiger partial charge in [-0.05, 0) is 19.4 Å². The number of aliphatic hydroxyl groups is 1. The molecule has 0 amide bonds. The number of aliphatic hydroxyl groups excluding tert-OH is 1. The van der Waals surface area contributed by atoms with Gasteiger partial charge in [-0.1, -0.05) is 6.42 Å². The maximum Gasteiger partial charge on any atom is 1.00 e. The molecule has 0 aromatic rings. The Balaban J connectivity index is 0. The Kier molecular flexibility index (Phi) is 7.79. The van der Waals surface area contributed by atoms with Gasteiger partial charge in [-0.15, -0.1) is 0 Å². The summed E-state index contributed by atoms with van der Waals surface area (Å²) in [6.07, 6.45) is 1.89. The Hall–Kier alpha value is 1.22. The third kappa shape index (κ3) is 5.31. The van der Waals surface area contributed by atoms with Crippen molar-refractivity contribution in [1.82, 2.24) is 5.32 Å². The van der Waals surface area contributed by atoms with Gasteiger partial charge in [0, 0.05) is 6.04 Å². The SMILES string of the molecule is O=P(O)(O)C(O)C(C1CCCCN1)P(=O)(O)O.[H-].[Na+]. The van der Waals surface area contributed by atoms with Gasteiger partial charge in [-0.3, -0.25) is 9.13 Å². The standard InChI is InChI=1S/C7H17NO7P2.Na.H/c9-7(17(13,14)15)6(16(10,11)12)5-3-1-2-4-8-5;;/h5-9H,1-4H2,(H2,10,11,12)(H2,13,14,15);;/q;+1;-1. The van der Waals surface area contributed by atoms with E-state index in [2.05, 4.69) is 5.32 Å². The van der Waals surface area contributed by atoms with Crippen LogP contribution in [0.4, 0.5) is 0 Å². The van der Waals surface area contributed by atoms with Crippen LogP contribution < -0.4 is 34.9 Å². The van der Waals surface area contributed by atoms with E-state index in [1.807, 2.05) is 0 Å². The van der Waals surface area contributed by atoms with Crippen LogP contribution in [-0.2, 0) is 9.13 Å². The number of piperidine rings is 1. The minimum Gasteiger partial charge on any atom is -1.00 e. The third-order valence-corrected chi connectivity index (χ3v) is 5.46. The van der Waals surface area contributed by atoms with Crippen LogP contribution in [0.1, 0.15) is 20.7 Å². The molecule has 18 heavy (non-hydrogen) atoms. The van der Waals surface area contributed by atoms with Gasteiger partial charge >= 0.3 is 44.7 Å². The molecule has 1 aliphatic rings. The van der Waals surface area contributed by atoms with E-state index in [1.165, 1.54) is 0 Å². The fourth-order valence-corrected chi connectivity index (χ4v) is 4.70. The maximum absolute atomic E-state index is 11.3. The van der Waals surface area contributed by atoms with Crippen molar-refractivity contribution in [1.29, 1.82) is 0 Å². The zero-order valence-corrected chi connectivity index (χ0v) is 13.8. The normalized spacial score (nSPS) is 25.1. The summed E-state index contributed by atoms with van der Waals surface area (Å²) >= 11 is 0. The molecule has 1 saturated heterocycles. The van der Waals surface area contributed by atoms with Crippen LogP contribution in [0.25, 0.3) is 0 Å². The van der Waals surface area contributed by atoms with Crippen molar-refractivity contribution in [3.63, 3.8) is 0 Å². The number of hydrogen-bond acceptors (Lipinski definition) is 4. The van der Waals surface area contributed by atoms with Crippen molar-refractivity contribution in [3.8, 4) is 0 Å². The minimum atomic E-state index is -4.95. The number of nitrogens with one attached hydrogen (secondary N) is 1. The first-order chi connectivity index (χ1) is 7.64. The van der Waals surface area contributed by atoms with Gasteiger partial charge < -0.3 is 31.4 Å². The summed E-state index contributed by atoms with van der Waals surface area (Å²) in [7, 11) is -9.75. The van der Waals surface area contributed by atoms with Crippen molar-refractivity contribution < 1.29 is 64.8 Å². The topological polar surface area (TPSA) is 147 Å². The van der Waals surface area contributed by atoms with Gasteiger partial charge in [-0.25, -0.2) is 0 Å². The molecule has 11 heteroatoms. The minimum absolute atomic E-state index is 0.